The molecule has 6 heteroatoms. The minimum Gasteiger partial charge on any atom is -0.442 e. The lowest BCUT2D eigenvalue weighted by Gasteiger charge is -2.26. The Bertz CT molecular complexity index is 444. The smallest absolute Gasteiger partial charge is 0.429 e. The van der Waals surface area contributed by atoms with E-state index >= 15 is 0 Å². The van der Waals surface area contributed by atoms with Gasteiger partial charge in [0.15, 0.2) is 0 Å². The summed E-state index contributed by atoms with van der Waals surface area (Å²) in [7, 11) is 1.41. The molecule has 1 rings (SSSR count). The van der Waals surface area contributed by atoms with Crippen molar-refractivity contribution >= 4 is 11.8 Å². The molecular formula is C12H16F2N2O2. The first-order chi connectivity index (χ1) is 8.24. The lowest BCUT2D eigenvalue weighted by Crippen LogP contribution is -2.44. The molecule has 0 aliphatic rings. The molecule has 18 heavy (non-hydrogen) atoms. The predicted molar refractivity (Wildman–Crippen MR) is 64.1 cm³/mol. The fraction of sp³-hybridized carbons (Fsp3) is 0.417. The zero-order chi connectivity index (χ0) is 13.9. The highest BCUT2D eigenvalue weighted by atomic mass is 19.1. The average Bonchev–Trinajstić information content (AvgIpc) is 2.21. The first-order valence-electron chi connectivity index (χ1n) is 5.40. The molecule has 0 unspecified atom stereocenters. The Kier molecular flexibility index (Phi) is 4.24. The van der Waals surface area contributed by atoms with Crippen molar-refractivity contribution in [3.05, 3.63) is 29.8 Å². The average molecular weight is 258 g/mol. The number of hydrazine groups is 1. The normalized spacial score (nSPS) is 11.2. The van der Waals surface area contributed by atoms with Gasteiger partial charge in [-0.25, -0.2) is 24.0 Å². The van der Waals surface area contributed by atoms with Crippen molar-refractivity contribution in [2.45, 2.75) is 26.4 Å². The molecule has 1 amide bonds. The van der Waals surface area contributed by atoms with Crippen molar-refractivity contribution in [2.24, 2.45) is 0 Å². The summed E-state index contributed by atoms with van der Waals surface area (Å²) in [6, 6.07) is 2.83. The molecule has 0 bridgehead atoms. The topological polar surface area (TPSA) is 41.6 Å². The van der Waals surface area contributed by atoms with Gasteiger partial charge in [0.05, 0.1) is 0 Å². The zero-order valence-electron chi connectivity index (χ0n) is 10.8. The molecule has 0 aliphatic heterocycles. The van der Waals surface area contributed by atoms with Gasteiger partial charge < -0.3 is 4.74 Å². The van der Waals surface area contributed by atoms with Crippen LogP contribution in [0.1, 0.15) is 20.8 Å². The third-order valence-corrected chi connectivity index (χ3v) is 1.95. The Labute approximate surface area is 105 Å². The van der Waals surface area contributed by atoms with Crippen LogP contribution in [0.3, 0.4) is 0 Å². The predicted octanol–water partition coefficient (Wildman–Crippen LogP) is 2.84. The van der Waals surface area contributed by atoms with E-state index in [1.807, 2.05) is 0 Å². The standard InChI is InChI=1S/C12H16F2N2O2/c1-12(2,3)18-11(17)16(15-4)10-7-8(13)5-6-9(10)14/h5-7,15H,1-4H3. The van der Waals surface area contributed by atoms with Crippen LogP contribution in [0.4, 0.5) is 19.3 Å². The number of carbonyl (C=O) groups excluding carboxylic acids is 1. The van der Waals surface area contributed by atoms with E-state index in [1.54, 1.807) is 20.8 Å². The molecule has 1 aromatic rings. The Morgan fingerprint density at radius 1 is 1.33 bits per heavy atom. The first-order valence-corrected chi connectivity index (χ1v) is 5.40. The maximum Gasteiger partial charge on any atom is 0.429 e. The van der Waals surface area contributed by atoms with Gasteiger partial charge in [0.2, 0.25) is 0 Å². The number of hydrogen-bond donors (Lipinski definition) is 1. The van der Waals surface area contributed by atoms with Crippen LogP contribution in [-0.2, 0) is 4.74 Å². The largest absolute Gasteiger partial charge is 0.442 e. The maximum atomic E-state index is 13.5. The summed E-state index contributed by atoms with van der Waals surface area (Å²) in [5.74, 6) is -1.37. The van der Waals surface area contributed by atoms with E-state index in [9.17, 15) is 13.6 Å². The minimum absolute atomic E-state index is 0.230. The molecule has 4 nitrogen and oxygen atoms in total. The zero-order valence-corrected chi connectivity index (χ0v) is 10.8. The van der Waals surface area contributed by atoms with E-state index in [-0.39, 0.29) is 5.69 Å². The molecule has 0 heterocycles. The molecule has 0 saturated heterocycles. The monoisotopic (exact) mass is 258 g/mol. The van der Waals surface area contributed by atoms with Crippen molar-refractivity contribution in [3.8, 4) is 0 Å². The van der Waals surface area contributed by atoms with Crippen LogP contribution in [0.15, 0.2) is 18.2 Å². The Morgan fingerprint density at radius 2 is 1.94 bits per heavy atom. The van der Waals surface area contributed by atoms with E-state index in [0.29, 0.717) is 0 Å². The molecule has 100 valence electrons. The lowest BCUT2D eigenvalue weighted by atomic mass is 10.2. The van der Waals surface area contributed by atoms with Gasteiger partial charge in [-0.15, -0.1) is 0 Å². The van der Waals surface area contributed by atoms with Gasteiger partial charge in [0.25, 0.3) is 0 Å². The second kappa shape index (κ2) is 5.30. The van der Waals surface area contributed by atoms with Gasteiger partial charge in [0, 0.05) is 13.1 Å². The maximum absolute atomic E-state index is 13.5. The second-order valence-corrected chi connectivity index (χ2v) is 4.64. The van der Waals surface area contributed by atoms with Gasteiger partial charge >= 0.3 is 6.09 Å². The van der Waals surface area contributed by atoms with Gasteiger partial charge in [0.1, 0.15) is 22.9 Å². The number of nitrogens with one attached hydrogen (secondary N) is 1. The van der Waals surface area contributed by atoms with Crippen molar-refractivity contribution < 1.29 is 18.3 Å². The number of ether oxygens (including phenoxy) is 1. The molecule has 0 aromatic heterocycles. The third kappa shape index (κ3) is 3.66. The summed E-state index contributed by atoms with van der Waals surface area (Å²) >= 11 is 0. The van der Waals surface area contributed by atoms with E-state index in [4.69, 9.17) is 4.74 Å². The lowest BCUT2D eigenvalue weighted by molar-refractivity contribution is 0.0564. The summed E-state index contributed by atoms with van der Waals surface area (Å²) in [6.07, 6.45) is -0.811. The summed E-state index contributed by atoms with van der Waals surface area (Å²) in [5.41, 5.74) is 1.50. The summed E-state index contributed by atoms with van der Waals surface area (Å²) in [4.78, 5) is 11.8. The number of hydrogen-bond acceptors (Lipinski definition) is 3. The summed E-state index contributed by atoms with van der Waals surface area (Å²) in [6.45, 7) is 5.04. The second-order valence-electron chi connectivity index (χ2n) is 4.64. The Morgan fingerprint density at radius 3 is 2.44 bits per heavy atom. The van der Waals surface area contributed by atoms with Crippen LogP contribution >= 0.6 is 0 Å². The Hall–Kier alpha value is -1.69. The van der Waals surface area contributed by atoms with Crippen LogP contribution in [0.2, 0.25) is 0 Å². The minimum atomic E-state index is -0.811. The van der Waals surface area contributed by atoms with E-state index < -0.39 is 23.3 Å². The highest BCUT2D eigenvalue weighted by Gasteiger charge is 2.24. The highest BCUT2D eigenvalue weighted by Crippen LogP contribution is 2.21. The number of carbonyl (C=O) groups is 1. The van der Waals surface area contributed by atoms with Crippen LogP contribution < -0.4 is 10.4 Å². The molecule has 0 saturated carbocycles. The third-order valence-electron chi connectivity index (χ3n) is 1.95. The molecule has 1 N–H and O–H groups in total. The number of halogens is 2. The fourth-order valence-electron chi connectivity index (χ4n) is 1.27. The number of rotatable bonds is 2. The SMILES string of the molecule is CNN(C(=O)OC(C)(C)C)c1cc(F)ccc1F. The van der Waals surface area contributed by atoms with Gasteiger partial charge in [-0.05, 0) is 32.9 Å². The van der Waals surface area contributed by atoms with Crippen molar-refractivity contribution in [1.82, 2.24) is 5.43 Å². The molecular weight excluding hydrogens is 242 g/mol. The van der Waals surface area contributed by atoms with Gasteiger partial charge in [-0.3, -0.25) is 0 Å². The van der Waals surface area contributed by atoms with Crippen molar-refractivity contribution in [1.29, 1.82) is 0 Å². The quantitative estimate of drug-likeness (QED) is 0.829. The van der Waals surface area contributed by atoms with Crippen molar-refractivity contribution in [3.63, 3.8) is 0 Å². The van der Waals surface area contributed by atoms with Crippen LogP contribution in [-0.4, -0.2) is 18.7 Å². The highest BCUT2D eigenvalue weighted by molar-refractivity contribution is 5.86. The molecule has 1 aromatic carbocycles. The molecule has 0 fully saturated rings. The van der Waals surface area contributed by atoms with E-state index in [2.05, 4.69) is 5.43 Å². The number of nitrogens with zero attached hydrogens (tertiary/aromatic N) is 1. The molecule has 0 spiro atoms. The first kappa shape index (κ1) is 14.4. The number of anilines is 1. The number of amides is 1. The van der Waals surface area contributed by atoms with Crippen LogP contribution in [0.25, 0.3) is 0 Å². The fourth-order valence-corrected chi connectivity index (χ4v) is 1.27. The van der Waals surface area contributed by atoms with E-state index in [1.165, 1.54) is 7.05 Å². The summed E-state index contributed by atoms with van der Waals surface area (Å²) in [5, 5.41) is 0.809. The van der Waals surface area contributed by atoms with Crippen LogP contribution in [0.5, 0.6) is 0 Å². The van der Waals surface area contributed by atoms with Gasteiger partial charge in [-0.1, -0.05) is 0 Å². The van der Waals surface area contributed by atoms with Gasteiger partial charge in [-0.2, -0.15) is 0 Å². The Balaban J connectivity index is 3.02. The van der Waals surface area contributed by atoms with Crippen molar-refractivity contribution in [2.75, 3.05) is 12.1 Å². The van der Waals surface area contributed by atoms with E-state index in [0.717, 1.165) is 23.2 Å². The summed E-state index contributed by atoms with van der Waals surface area (Å²) < 4.78 is 31.7. The number of benzene rings is 1. The molecule has 0 radical (unpaired) electrons. The molecule has 0 atom stereocenters. The van der Waals surface area contributed by atoms with Crippen LogP contribution in [0, 0.1) is 11.6 Å². The molecule has 0 aliphatic carbocycles.